The van der Waals surface area contributed by atoms with Gasteiger partial charge in [0.25, 0.3) is 0 Å². The Morgan fingerprint density at radius 3 is 2.87 bits per heavy atom. The van der Waals surface area contributed by atoms with Gasteiger partial charge in [-0.05, 0) is 25.7 Å². The Morgan fingerprint density at radius 2 is 2.20 bits per heavy atom. The molecule has 0 saturated carbocycles. The van der Waals surface area contributed by atoms with Gasteiger partial charge in [-0.1, -0.05) is 0 Å². The molecule has 1 aromatic heterocycles. The summed E-state index contributed by atoms with van der Waals surface area (Å²) in [5.74, 6) is -0.890. The van der Waals surface area contributed by atoms with Gasteiger partial charge >= 0.3 is 5.97 Å². The van der Waals surface area contributed by atoms with Gasteiger partial charge in [0.05, 0.1) is 12.2 Å². The van der Waals surface area contributed by atoms with Crippen LogP contribution in [0.25, 0.3) is 0 Å². The van der Waals surface area contributed by atoms with E-state index in [4.69, 9.17) is 10.8 Å². The first-order chi connectivity index (χ1) is 7.24. The van der Waals surface area contributed by atoms with Gasteiger partial charge in [0, 0.05) is 12.1 Å². The van der Waals surface area contributed by atoms with Crippen LogP contribution in [-0.2, 0) is 19.4 Å². The number of carbonyl (C=O) groups is 1. The molecule has 1 aliphatic carbocycles. The van der Waals surface area contributed by atoms with Gasteiger partial charge in [-0.25, -0.2) is 4.79 Å². The molecule has 5 heteroatoms. The third-order valence-corrected chi connectivity index (χ3v) is 2.77. The van der Waals surface area contributed by atoms with E-state index in [1.807, 2.05) is 0 Å². The molecule has 0 fully saturated rings. The molecule has 1 heterocycles. The van der Waals surface area contributed by atoms with Crippen LogP contribution in [0.5, 0.6) is 0 Å². The van der Waals surface area contributed by atoms with Crippen molar-refractivity contribution in [2.24, 2.45) is 5.73 Å². The van der Waals surface area contributed by atoms with Crippen molar-refractivity contribution in [3.8, 4) is 0 Å². The minimum absolute atomic E-state index is 0.343. The first-order valence-corrected chi connectivity index (χ1v) is 5.26. The highest BCUT2D eigenvalue weighted by atomic mass is 16.4. The summed E-state index contributed by atoms with van der Waals surface area (Å²) in [5.41, 5.74) is 7.65. The van der Waals surface area contributed by atoms with E-state index in [2.05, 4.69) is 5.10 Å². The summed E-state index contributed by atoms with van der Waals surface area (Å²) in [6.07, 6.45) is 3.89. The van der Waals surface area contributed by atoms with Gasteiger partial charge in [-0.2, -0.15) is 5.10 Å². The molecule has 0 unspecified atom stereocenters. The van der Waals surface area contributed by atoms with Crippen LogP contribution in [-0.4, -0.2) is 27.4 Å². The van der Waals surface area contributed by atoms with Crippen molar-refractivity contribution in [1.82, 2.24) is 9.78 Å². The third kappa shape index (κ3) is 1.74. The minimum atomic E-state index is -0.890. The molecule has 0 aromatic carbocycles. The van der Waals surface area contributed by atoms with Crippen LogP contribution in [0.15, 0.2) is 0 Å². The van der Waals surface area contributed by atoms with Gasteiger partial charge in [-0.15, -0.1) is 0 Å². The van der Waals surface area contributed by atoms with Crippen molar-refractivity contribution >= 4 is 5.97 Å². The fourth-order valence-electron chi connectivity index (χ4n) is 2.13. The number of aryl methyl sites for hydroxylation is 1. The Hall–Kier alpha value is -1.36. The fourth-order valence-corrected chi connectivity index (χ4v) is 2.13. The molecule has 0 atom stereocenters. The Bertz CT molecular complexity index is 384. The largest absolute Gasteiger partial charge is 0.477 e. The second kappa shape index (κ2) is 4.02. The number of rotatable bonds is 3. The van der Waals surface area contributed by atoms with Crippen molar-refractivity contribution in [2.45, 2.75) is 32.2 Å². The molecule has 0 radical (unpaired) electrons. The van der Waals surface area contributed by atoms with Gasteiger partial charge < -0.3 is 10.8 Å². The van der Waals surface area contributed by atoms with Crippen LogP contribution in [0.3, 0.4) is 0 Å². The summed E-state index contributed by atoms with van der Waals surface area (Å²) in [4.78, 5) is 11.1. The molecule has 2 rings (SSSR count). The van der Waals surface area contributed by atoms with Crippen molar-refractivity contribution in [3.63, 3.8) is 0 Å². The van der Waals surface area contributed by atoms with E-state index in [1.54, 1.807) is 4.68 Å². The van der Waals surface area contributed by atoms with Crippen LogP contribution >= 0.6 is 0 Å². The van der Waals surface area contributed by atoms with Gasteiger partial charge in [0.2, 0.25) is 0 Å². The molecule has 82 valence electrons. The molecule has 3 N–H and O–H groups in total. The molecule has 0 spiro atoms. The van der Waals surface area contributed by atoms with Gasteiger partial charge in [-0.3, -0.25) is 4.68 Å². The Labute approximate surface area is 87.9 Å². The lowest BCUT2D eigenvalue weighted by atomic mass is 9.96. The zero-order valence-electron chi connectivity index (χ0n) is 8.57. The summed E-state index contributed by atoms with van der Waals surface area (Å²) < 4.78 is 1.54. The first kappa shape index (κ1) is 10.2. The maximum Gasteiger partial charge on any atom is 0.354 e. The van der Waals surface area contributed by atoms with Crippen LogP contribution in [0.2, 0.25) is 0 Å². The fraction of sp³-hybridized carbons (Fsp3) is 0.600. The number of hydrogen-bond acceptors (Lipinski definition) is 3. The standard InChI is InChI=1S/C10H15N3O2/c11-5-6-13-9(10(14)15)7-3-1-2-4-8(7)12-13/h1-6,11H2,(H,14,15). The molecule has 1 aromatic rings. The highest BCUT2D eigenvalue weighted by Crippen LogP contribution is 2.23. The lowest BCUT2D eigenvalue weighted by molar-refractivity contribution is 0.0682. The number of nitrogens with two attached hydrogens (primary N) is 1. The highest BCUT2D eigenvalue weighted by molar-refractivity contribution is 5.87. The summed E-state index contributed by atoms with van der Waals surface area (Å²) in [7, 11) is 0. The number of fused-ring (bicyclic) bond motifs is 1. The molecule has 5 nitrogen and oxygen atoms in total. The minimum Gasteiger partial charge on any atom is -0.477 e. The zero-order valence-corrected chi connectivity index (χ0v) is 8.57. The van der Waals surface area contributed by atoms with E-state index in [0.717, 1.165) is 36.9 Å². The van der Waals surface area contributed by atoms with Gasteiger partial charge in [0.1, 0.15) is 5.69 Å². The smallest absolute Gasteiger partial charge is 0.354 e. The van der Waals surface area contributed by atoms with Crippen molar-refractivity contribution in [3.05, 3.63) is 17.0 Å². The Morgan fingerprint density at radius 1 is 1.47 bits per heavy atom. The molecule has 0 amide bonds. The van der Waals surface area contributed by atoms with Gasteiger partial charge in [0.15, 0.2) is 0 Å². The quantitative estimate of drug-likeness (QED) is 0.755. The van der Waals surface area contributed by atoms with E-state index >= 15 is 0 Å². The average molecular weight is 209 g/mol. The summed E-state index contributed by atoms with van der Waals surface area (Å²) in [6.45, 7) is 0.898. The molecule has 0 saturated heterocycles. The highest BCUT2D eigenvalue weighted by Gasteiger charge is 2.24. The topological polar surface area (TPSA) is 81.1 Å². The average Bonchev–Trinajstić information content (AvgIpc) is 2.56. The van der Waals surface area contributed by atoms with Crippen molar-refractivity contribution in [2.75, 3.05) is 6.54 Å². The lowest BCUT2D eigenvalue weighted by Gasteiger charge is -2.09. The number of carboxylic acids is 1. The molecular weight excluding hydrogens is 194 g/mol. The number of aromatic carboxylic acids is 1. The van der Waals surface area contributed by atoms with Crippen LogP contribution in [0.1, 0.15) is 34.6 Å². The Balaban J connectivity index is 2.46. The van der Waals surface area contributed by atoms with Crippen molar-refractivity contribution < 1.29 is 9.90 Å². The summed E-state index contributed by atoms with van der Waals surface area (Å²) >= 11 is 0. The molecule has 0 aliphatic heterocycles. The van der Waals surface area contributed by atoms with E-state index < -0.39 is 5.97 Å². The monoisotopic (exact) mass is 209 g/mol. The second-order valence-electron chi connectivity index (χ2n) is 3.80. The Kier molecular flexibility index (Phi) is 2.73. The summed E-state index contributed by atoms with van der Waals surface area (Å²) in [5, 5.41) is 13.5. The third-order valence-electron chi connectivity index (χ3n) is 2.77. The predicted molar refractivity (Wildman–Crippen MR) is 54.9 cm³/mol. The predicted octanol–water partition coefficient (Wildman–Crippen LogP) is 0.419. The zero-order chi connectivity index (χ0) is 10.8. The van der Waals surface area contributed by atoms with Crippen LogP contribution in [0, 0.1) is 0 Å². The number of aromatic nitrogens is 2. The SMILES string of the molecule is NCCn1nc2c(c1C(=O)O)CCCC2. The van der Waals surface area contributed by atoms with E-state index in [1.165, 1.54) is 0 Å². The lowest BCUT2D eigenvalue weighted by Crippen LogP contribution is -2.17. The van der Waals surface area contributed by atoms with Crippen LogP contribution < -0.4 is 5.73 Å². The number of carboxylic acid groups (broad SMARTS) is 1. The maximum atomic E-state index is 11.1. The number of nitrogens with zero attached hydrogens (tertiary/aromatic N) is 2. The molecule has 1 aliphatic rings. The first-order valence-electron chi connectivity index (χ1n) is 5.26. The second-order valence-corrected chi connectivity index (χ2v) is 3.80. The van der Waals surface area contributed by atoms with Crippen molar-refractivity contribution in [1.29, 1.82) is 0 Å². The molecular formula is C10H15N3O2. The number of hydrogen-bond donors (Lipinski definition) is 2. The van der Waals surface area contributed by atoms with Crippen LogP contribution in [0.4, 0.5) is 0 Å². The van der Waals surface area contributed by atoms with E-state index in [-0.39, 0.29) is 0 Å². The molecule has 0 bridgehead atoms. The maximum absolute atomic E-state index is 11.1. The van der Waals surface area contributed by atoms with E-state index in [9.17, 15) is 4.79 Å². The summed E-state index contributed by atoms with van der Waals surface area (Å²) in [6, 6.07) is 0. The van der Waals surface area contributed by atoms with E-state index in [0.29, 0.717) is 18.8 Å². The molecule has 15 heavy (non-hydrogen) atoms. The normalized spacial score (nSPS) is 15.0.